The van der Waals surface area contributed by atoms with Gasteiger partial charge in [0, 0.05) is 32.2 Å². The Morgan fingerprint density at radius 3 is 2.43 bits per heavy atom. The van der Waals surface area contributed by atoms with Crippen LogP contribution in [-0.4, -0.2) is 65.9 Å². The summed E-state index contributed by atoms with van der Waals surface area (Å²) in [7, 11) is -3.57. The standard InChI is InChI=1S/C15H22N2O5S/c1-12-10-13-14(22-9-8-21-13)11-15(12)23(18,19)16-2-3-17-4-6-20-7-5-17/h10-11,16H,2-9H2,1H3. The van der Waals surface area contributed by atoms with Crippen molar-refractivity contribution in [3.05, 3.63) is 17.7 Å². The molecule has 1 fully saturated rings. The second-order valence-corrected chi connectivity index (χ2v) is 7.35. The summed E-state index contributed by atoms with van der Waals surface area (Å²) in [6.45, 7) is 6.80. The Labute approximate surface area is 136 Å². The number of morpholine rings is 1. The van der Waals surface area contributed by atoms with Crippen molar-refractivity contribution < 1.29 is 22.6 Å². The van der Waals surface area contributed by atoms with Crippen molar-refractivity contribution in [3.8, 4) is 11.5 Å². The lowest BCUT2D eigenvalue weighted by Crippen LogP contribution is -2.41. The smallest absolute Gasteiger partial charge is 0.241 e. The van der Waals surface area contributed by atoms with Gasteiger partial charge in [0.2, 0.25) is 10.0 Å². The third kappa shape index (κ3) is 3.95. The largest absolute Gasteiger partial charge is 0.486 e. The molecule has 0 spiro atoms. The van der Waals surface area contributed by atoms with Gasteiger partial charge in [-0.25, -0.2) is 13.1 Å². The van der Waals surface area contributed by atoms with Gasteiger partial charge in [0.05, 0.1) is 18.1 Å². The third-order valence-electron chi connectivity index (χ3n) is 3.95. The minimum atomic E-state index is -3.57. The number of benzene rings is 1. The van der Waals surface area contributed by atoms with Crippen LogP contribution in [0.1, 0.15) is 5.56 Å². The maximum Gasteiger partial charge on any atom is 0.241 e. The Kier molecular flexibility index (Phi) is 5.05. The maximum absolute atomic E-state index is 12.5. The van der Waals surface area contributed by atoms with E-state index in [4.69, 9.17) is 14.2 Å². The van der Waals surface area contributed by atoms with Crippen molar-refractivity contribution in [2.45, 2.75) is 11.8 Å². The fraction of sp³-hybridized carbons (Fsp3) is 0.600. The molecule has 2 aliphatic heterocycles. The lowest BCUT2D eigenvalue weighted by atomic mass is 10.2. The quantitative estimate of drug-likeness (QED) is 0.833. The summed E-state index contributed by atoms with van der Waals surface area (Å²) in [5.74, 6) is 1.08. The van der Waals surface area contributed by atoms with Crippen LogP contribution in [0.15, 0.2) is 17.0 Å². The Balaban J connectivity index is 1.66. The van der Waals surface area contributed by atoms with Crippen molar-refractivity contribution in [3.63, 3.8) is 0 Å². The molecule has 0 saturated carbocycles. The van der Waals surface area contributed by atoms with Gasteiger partial charge in [-0.2, -0.15) is 0 Å². The van der Waals surface area contributed by atoms with Crippen LogP contribution >= 0.6 is 0 Å². The number of aryl methyl sites for hydroxylation is 1. The summed E-state index contributed by atoms with van der Waals surface area (Å²) in [6, 6.07) is 3.26. The summed E-state index contributed by atoms with van der Waals surface area (Å²) in [4.78, 5) is 2.42. The molecule has 7 nitrogen and oxygen atoms in total. The minimum Gasteiger partial charge on any atom is -0.486 e. The van der Waals surface area contributed by atoms with E-state index in [1.807, 2.05) is 0 Å². The molecule has 0 aliphatic carbocycles. The van der Waals surface area contributed by atoms with Crippen LogP contribution in [0.4, 0.5) is 0 Å². The fourth-order valence-electron chi connectivity index (χ4n) is 2.70. The molecule has 128 valence electrons. The molecular formula is C15H22N2O5S. The molecular weight excluding hydrogens is 320 g/mol. The zero-order valence-electron chi connectivity index (χ0n) is 13.2. The highest BCUT2D eigenvalue weighted by atomic mass is 32.2. The van der Waals surface area contributed by atoms with Crippen molar-refractivity contribution in [1.82, 2.24) is 9.62 Å². The summed E-state index contributed by atoms with van der Waals surface area (Å²) in [5.41, 5.74) is 0.646. The number of nitrogens with one attached hydrogen (secondary N) is 1. The molecule has 1 aromatic rings. The van der Waals surface area contributed by atoms with Gasteiger partial charge in [0.25, 0.3) is 0 Å². The number of nitrogens with zero attached hydrogens (tertiary/aromatic N) is 1. The van der Waals surface area contributed by atoms with Gasteiger partial charge in [-0.05, 0) is 18.6 Å². The Hall–Kier alpha value is -1.35. The zero-order chi connectivity index (χ0) is 16.3. The van der Waals surface area contributed by atoms with E-state index < -0.39 is 10.0 Å². The van der Waals surface area contributed by atoms with E-state index in [9.17, 15) is 8.42 Å². The van der Waals surface area contributed by atoms with Gasteiger partial charge in [-0.1, -0.05) is 0 Å². The van der Waals surface area contributed by atoms with Crippen molar-refractivity contribution in [2.75, 3.05) is 52.6 Å². The first-order valence-corrected chi connectivity index (χ1v) is 9.24. The average molecular weight is 342 g/mol. The Morgan fingerprint density at radius 2 is 1.74 bits per heavy atom. The van der Waals surface area contributed by atoms with Crippen LogP contribution in [-0.2, 0) is 14.8 Å². The highest BCUT2D eigenvalue weighted by molar-refractivity contribution is 7.89. The molecule has 23 heavy (non-hydrogen) atoms. The van der Waals surface area contributed by atoms with E-state index >= 15 is 0 Å². The van der Waals surface area contributed by atoms with Crippen LogP contribution in [0.5, 0.6) is 11.5 Å². The van der Waals surface area contributed by atoms with Gasteiger partial charge < -0.3 is 14.2 Å². The molecule has 1 aromatic carbocycles. The molecule has 0 atom stereocenters. The molecule has 2 aliphatic rings. The van der Waals surface area contributed by atoms with E-state index in [0.29, 0.717) is 56.6 Å². The fourth-order valence-corrected chi connectivity index (χ4v) is 3.96. The van der Waals surface area contributed by atoms with Crippen LogP contribution in [0.2, 0.25) is 0 Å². The summed E-state index contributed by atoms with van der Waals surface area (Å²) >= 11 is 0. The van der Waals surface area contributed by atoms with E-state index in [2.05, 4.69) is 9.62 Å². The number of hydrogen-bond acceptors (Lipinski definition) is 6. The van der Waals surface area contributed by atoms with Gasteiger partial charge in [0.1, 0.15) is 13.2 Å². The molecule has 2 heterocycles. The first kappa shape index (κ1) is 16.5. The van der Waals surface area contributed by atoms with E-state index in [-0.39, 0.29) is 4.90 Å². The van der Waals surface area contributed by atoms with E-state index in [1.54, 1.807) is 19.1 Å². The molecule has 0 unspecified atom stereocenters. The van der Waals surface area contributed by atoms with Gasteiger partial charge in [-0.3, -0.25) is 4.90 Å². The lowest BCUT2D eigenvalue weighted by Gasteiger charge is -2.26. The number of sulfonamides is 1. The van der Waals surface area contributed by atoms with E-state index in [1.165, 1.54) is 0 Å². The predicted molar refractivity (Wildman–Crippen MR) is 84.6 cm³/mol. The van der Waals surface area contributed by atoms with Gasteiger partial charge >= 0.3 is 0 Å². The molecule has 3 rings (SSSR count). The third-order valence-corrected chi connectivity index (χ3v) is 5.56. The number of rotatable bonds is 5. The zero-order valence-corrected chi connectivity index (χ0v) is 14.0. The van der Waals surface area contributed by atoms with Crippen molar-refractivity contribution in [1.29, 1.82) is 0 Å². The molecule has 0 radical (unpaired) electrons. The molecule has 0 bridgehead atoms. The second kappa shape index (κ2) is 7.04. The van der Waals surface area contributed by atoms with Gasteiger partial charge in [-0.15, -0.1) is 0 Å². The Morgan fingerprint density at radius 1 is 1.09 bits per heavy atom. The number of ether oxygens (including phenoxy) is 3. The topological polar surface area (TPSA) is 77.1 Å². The molecule has 0 amide bonds. The maximum atomic E-state index is 12.5. The molecule has 0 aromatic heterocycles. The molecule has 1 saturated heterocycles. The summed E-state index contributed by atoms with van der Waals surface area (Å²) < 4.78 is 44.0. The highest BCUT2D eigenvalue weighted by Gasteiger charge is 2.22. The molecule has 8 heteroatoms. The van der Waals surface area contributed by atoms with Crippen molar-refractivity contribution in [2.24, 2.45) is 0 Å². The van der Waals surface area contributed by atoms with Gasteiger partial charge in [0.15, 0.2) is 11.5 Å². The summed E-state index contributed by atoms with van der Waals surface area (Å²) in [5, 5.41) is 0. The van der Waals surface area contributed by atoms with E-state index in [0.717, 1.165) is 13.1 Å². The first-order valence-electron chi connectivity index (χ1n) is 7.76. The monoisotopic (exact) mass is 342 g/mol. The second-order valence-electron chi connectivity index (χ2n) is 5.61. The SMILES string of the molecule is Cc1cc2c(cc1S(=O)(=O)NCCN1CCOCC1)OCCO2. The normalized spacial score (nSPS) is 18.8. The van der Waals surface area contributed by atoms with Crippen molar-refractivity contribution >= 4 is 10.0 Å². The van der Waals surface area contributed by atoms with Crippen LogP contribution in [0.3, 0.4) is 0 Å². The Bertz CT molecular complexity index is 656. The first-order chi connectivity index (χ1) is 11.1. The van der Waals surface area contributed by atoms with Crippen LogP contribution < -0.4 is 14.2 Å². The average Bonchev–Trinajstić information content (AvgIpc) is 2.55. The van der Waals surface area contributed by atoms with Crippen LogP contribution in [0.25, 0.3) is 0 Å². The lowest BCUT2D eigenvalue weighted by molar-refractivity contribution is 0.0390. The molecule has 1 N–H and O–H groups in total. The summed E-state index contributed by atoms with van der Waals surface area (Å²) in [6.07, 6.45) is 0. The predicted octanol–water partition coefficient (Wildman–Crippen LogP) is 0.377. The van der Waals surface area contributed by atoms with Crippen LogP contribution in [0, 0.1) is 6.92 Å². The minimum absolute atomic E-state index is 0.240. The number of hydrogen-bond donors (Lipinski definition) is 1. The highest BCUT2D eigenvalue weighted by Crippen LogP contribution is 2.34. The number of fused-ring (bicyclic) bond motifs is 1.